The maximum Gasteiger partial charge on any atom is 0.278 e. The van der Waals surface area contributed by atoms with Gasteiger partial charge in [-0.3, -0.25) is 0 Å². The van der Waals surface area contributed by atoms with E-state index in [9.17, 15) is 0 Å². The average molecular weight is 241 g/mol. The Bertz CT molecular complexity index is 484. The van der Waals surface area contributed by atoms with Crippen LogP contribution in [0.25, 0.3) is 0 Å². The van der Waals surface area contributed by atoms with Crippen molar-refractivity contribution in [3.05, 3.63) is 34.3 Å². The van der Waals surface area contributed by atoms with E-state index in [1.807, 2.05) is 12.3 Å². The molecule has 0 aliphatic heterocycles. The Morgan fingerprint density at radius 2 is 2.27 bits per heavy atom. The number of halogens is 1. The highest BCUT2D eigenvalue weighted by molar-refractivity contribution is 7.11. The number of nitrogens with two attached hydrogens (primary N) is 1. The van der Waals surface area contributed by atoms with Crippen molar-refractivity contribution >= 4 is 28.6 Å². The van der Waals surface area contributed by atoms with Crippen LogP contribution in [0.2, 0.25) is 5.02 Å². The van der Waals surface area contributed by atoms with Gasteiger partial charge in [-0.05, 0) is 25.1 Å². The van der Waals surface area contributed by atoms with Crippen molar-refractivity contribution in [3.63, 3.8) is 0 Å². The molecule has 5 heteroatoms. The standard InChI is InChI=1S/C10H9ClN2OS/c1-6-5-15-10(13-6)14-9-3-2-7(12)4-8(9)11/h2-5H,12H2,1H3. The molecule has 0 bridgehead atoms. The molecule has 1 heterocycles. The van der Waals surface area contributed by atoms with Crippen molar-refractivity contribution in [2.75, 3.05) is 5.73 Å². The SMILES string of the molecule is Cc1csc(Oc2ccc(N)cc2Cl)n1. The van der Waals surface area contributed by atoms with Crippen molar-refractivity contribution in [2.45, 2.75) is 6.92 Å². The maximum atomic E-state index is 5.96. The molecule has 0 aliphatic carbocycles. The number of hydrogen-bond acceptors (Lipinski definition) is 4. The van der Waals surface area contributed by atoms with E-state index in [0.29, 0.717) is 21.7 Å². The molecule has 3 nitrogen and oxygen atoms in total. The molecule has 0 fully saturated rings. The number of rotatable bonds is 2. The molecule has 0 spiro atoms. The van der Waals surface area contributed by atoms with E-state index >= 15 is 0 Å². The van der Waals surface area contributed by atoms with Crippen molar-refractivity contribution in [3.8, 4) is 10.9 Å². The highest BCUT2D eigenvalue weighted by Gasteiger charge is 2.05. The summed E-state index contributed by atoms with van der Waals surface area (Å²) >= 11 is 7.39. The minimum absolute atomic E-state index is 0.489. The summed E-state index contributed by atoms with van der Waals surface area (Å²) in [5.74, 6) is 0.570. The molecule has 2 rings (SSSR count). The molecule has 0 saturated heterocycles. The van der Waals surface area contributed by atoms with Crippen LogP contribution in [-0.4, -0.2) is 4.98 Å². The maximum absolute atomic E-state index is 5.96. The van der Waals surface area contributed by atoms with Crippen molar-refractivity contribution < 1.29 is 4.74 Å². The first-order chi connectivity index (χ1) is 7.15. The summed E-state index contributed by atoms with van der Waals surface area (Å²) < 4.78 is 5.50. The zero-order valence-electron chi connectivity index (χ0n) is 8.03. The lowest BCUT2D eigenvalue weighted by atomic mass is 10.3. The Hall–Kier alpha value is -1.26. The van der Waals surface area contributed by atoms with Crippen LogP contribution in [0.3, 0.4) is 0 Å². The summed E-state index contributed by atoms with van der Waals surface area (Å²) in [5.41, 5.74) is 7.12. The highest BCUT2D eigenvalue weighted by atomic mass is 35.5. The molecular weight excluding hydrogens is 232 g/mol. The van der Waals surface area contributed by atoms with Gasteiger partial charge in [0.05, 0.1) is 10.7 Å². The average Bonchev–Trinajstić information content (AvgIpc) is 2.56. The predicted octanol–water partition coefficient (Wildman–Crippen LogP) is 3.48. The van der Waals surface area contributed by atoms with Gasteiger partial charge in [-0.25, -0.2) is 4.98 Å². The number of nitrogens with zero attached hydrogens (tertiary/aromatic N) is 1. The smallest absolute Gasteiger partial charge is 0.278 e. The van der Waals surface area contributed by atoms with Crippen LogP contribution in [0.4, 0.5) is 5.69 Å². The fourth-order valence-corrected chi connectivity index (χ4v) is 1.96. The monoisotopic (exact) mass is 240 g/mol. The normalized spacial score (nSPS) is 10.3. The van der Waals surface area contributed by atoms with Crippen molar-refractivity contribution in [1.29, 1.82) is 0 Å². The topological polar surface area (TPSA) is 48.1 Å². The number of benzene rings is 1. The Labute approximate surface area is 96.5 Å². The third kappa shape index (κ3) is 2.40. The van der Waals surface area contributed by atoms with Gasteiger partial charge in [0.25, 0.3) is 5.19 Å². The number of aromatic nitrogens is 1. The third-order valence-corrected chi connectivity index (χ3v) is 2.88. The first kappa shape index (κ1) is 10.3. The van der Waals surface area contributed by atoms with Crippen LogP contribution in [-0.2, 0) is 0 Å². The van der Waals surface area contributed by atoms with E-state index in [1.54, 1.807) is 18.2 Å². The Morgan fingerprint density at radius 1 is 1.47 bits per heavy atom. The fraction of sp³-hybridized carbons (Fsp3) is 0.100. The molecule has 0 radical (unpaired) electrons. The van der Waals surface area contributed by atoms with Crippen LogP contribution in [0.5, 0.6) is 10.9 Å². The van der Waals surface area contributed by atoms with E-state index in [4.69, 9.17) is 22.1 Å². The molecule has 1 aromatic carbocycles. The Kier molecular flexibility index (Phi) is 2.79. The minimum Gasteiger partial charge on any atom is -0.429 e. The third-order valence-electron chi connectivity index (χ3n) is 1.75. The Balaban J connectivity index is 2.24. The van der Waals surface area contributed by atoms with Crippen molar-refractivity contribution in [2.24, 2.45) is 0 Å². The predicted molar refractivity (Wildman–Crippen MR) is 62.8 cm³/mol. The number of anilines is 1. The van der Waals surface area contributed by atoms with Crippen LogP contribution in [0, 0.1) is 6.92 Å². The lowest BCUT2D eigenvalue weighted by molar-refractivity contribution is 0.478. The van der Waals surface area contributed by atoms with E-state index < -0.39 is 0 Å². The van der Waals surface area contributed by atoms with Gasteiger partial charge in [-0.2, -0.15) is 0 Å². The van der Waals surface area contributed by atoms with Crippen LogP contribution in [0.15, 0.2) is 23.6 Å². The number of nitrogen functional groups attached to an aromatic ring is 1. The van der Waals surface area contributed by atoms with E-state index in [1.165, 1.54) is 11.3 Å². The summed E-state index contributed by atoms with van der Waals surface area (Å²) in [6.45, 7) is 1.91. The molecule has 15 heavy (non-hydrogen) atoms. The van der Waals surface area contributed by atoms with Gasteiger partial charge in [0.1, 0.15) is 5.75 Å². The zero-order valence-corrected chi connectivity index (χ0v) is 9.60. The van der Waals surface area contributed by atoms with E-state index in [2.05, 4.69) is 4.98 Å². The van der Waals surface area contributed by atoms with E-state index in [-0.39, 0.29) is 0 Å². The zero-order chi connectivity index (χ0) is 10.8. The molecule has 0 unspecified atom stereocenters. The lowest BCUT2D eigenvalue weighted by Gasteiger charge is -2.04. The first-order valence-corrected chi connectivity index (χ1v) is 5.56. The van der Waals surface area contributed by atoms with Gasteiger partial charge in [-0.1, -0.05) is 22.9 Å². The molecular formula is C10H9ClN2OS. The van der Waals surface area contributed by atoms with Crippen LogP contribution < -0.4 is 10.5 Å². The van der Waals surface area contributed by atoms with Gasteiger partial charge >= 0.3 is 0 Å². The minimum atomic E-state index is 0.489. The molecule has 2 N–H and O–H groups in total. The summed E-state index contributed by atoms with van der Waals surface area (Å²) in [7, 11) is 0. The molecule has 78 valence electrons. The number of hydrogen-bond donors (Lipinski definition) is 1. The highest BCUT2D eigenvalue weighted by Crippen LogP contribution is 2.32. The molecule has 0 amide bonds. The summed E-state index contributed by atoms with van der Waals surface area (Å²) in [6, 6.07) is 5.12. The van der Waals surface area contributed by atoms with Gasteiger partial charge < -0.3 is 10.5 Å². The number of aryl methyl sites for hydroxylation is 1. The number of ether oxygens (including phenoxy) is 1. The van der Waals surface area contributed by atoms with E-state index in [0.717, 1.165) is 5.69 Å². The summed E-state index contributed by atoms with van der Waals surface area (Å²) in [5, 5.41) is 2.99. The molecule has 0 aliphatic rings. The van der Waals surface area contributed by atoms with Crippen molar-refractivity contribution in [1.82, 2.24) is 4.98 Å². The second-order valence-electron chi connectivity index (χ2n) is 3.05. The van der Waals surface area contributed by atoms with Gasteiger partial charge in [-0.15, -0.1) is 0 Å². The summed E-state index contributed by atoms with van der Waals surface area (Å²) in [4.78, 5) is 4.18. The van der Waals surface area contributed by atoms with Gasteiger partial charge in [0, 0.05) is 11.1 Å². The van der Waals surface area contributed by atoms with Gasteiger partial charge in [0.15, 0.2) is 0 Å². The Morgan fingerprint density at radius 3 is 2.87 bits per heavy atom. The molecule has 1 aromatic heterocycles. The summed E-state index contributed by atoms with van der Waals surface area (Å²) in [6.07, 6.45) is 0. The number of thiazole rings is 1. The van der Waals surface area contributed by atoms with Crippen LogP contribution >= 0.6 is 22.9 Å². The van der Waals surface area contributed by atoms with Gasteiger partial charge in [0.2, 0.25) is 0 Å². The first-order valence-electron chi connectivity index (χ1n) is 4.30. The fourth-order valence-electron chi connectivity index (χ4n) is 1.07. The lowest BCUT2D eigenvalue weighted by Crippen LogP contribution is -1.88. The second kappa shape index (κ2) is 4.08. The largest absolute Gasteiger partial charge is 0.429 e. The molecule has 0 atom stereocenters. The van der Waals surface area contributed by atoms with Crippen LogP contribution in [0.1, 0.15) is 5.69 Å². The second-order valence-corrected chi connectivity index (χ2v) is 4.27. The quantitative estimate of drug-likeness (QED) is 0.818. The molecule has 2 aromatic rings. The molecule has 0 saturated carbocycles.